The van der Waals surface area contributed by atoms with Crippen LogP contribution in [-0.4, -0.2) is 31.4 Å². The Balaban J connectivity index is 2.11. The van der Waals surface area contributed by atoms with Crippen molar-refractivity contribution < 1.29 is 23.6 Å². The van der Waals surface area contributed by atoms with Crippen LogP contribution < -0.4 is 9.47 Å². The smallest absolute Gasteiger partial charge is 0.184 e. The first-order valence-corrected chi connectivity index (χ1v) is 10.4. The summed E-state index contributed by atoms with van der Waals surface area (Å²) >= 11 is 0. The minimum Gasteiger partial charge on any atom is -0.496 e. The predicted octanol–water partition coefficient (Wildman–Crippen LogP) is 5.53. The van der Waals surface area contributed by atoms with Gasteiger partial charge in [-0.25, -0.2) is 0 Å². The maximum Gasteiger partial charge on any atom is 0.184 e. The number of hydrogen-bond donors (Lipinski definition) is 0. The minimum absolute atomic E-state index is 0.0450. The first kappa shape index (κ1) is 22.8. The molecule has 0 spiro atoms. The van der Waals surface area contributed by atoms with Gasteiger partial charge in [0.15, 0.2) is 20.0 Å². The van der Waals surface area contributed by atoms with E-state index in [2.05, 4.69) is 0 Å². The van der Waals surface area contributed by atoms with Crippen LogP contribution in [0.3, 0.4) is 0 Å². The predicted molar refractivity (Wildman–Crippen MR) is 114 cm³/mol. The zero-order chi connectivity index (χ0) is 21.6. The van der Waals surface area contributed by atoms with Gasteiger partial charge in [0.25, 0.3) is 0 Å². The fourth-order valence-corrected chi connectivity index (χ4v) is 4.21. The topological polar surface area (TPSA) is 69.7 Å². The summed E-state index contributed by atoms with van der Waals surface area (Å²) in [7, 11) is 2.66. The normalized spacial score (nSPS) is 11.9. The quantitative estimate of drug-likeness (QED) is 0.378. The number of benzene rings is 2. The van der Waals surface area contributed by atoms with Gasteiger partial charge < -0.3 is 9.47 Å². The Bertz CT molecular complexity index is 874. The first-order valence-electron chi connectivity index (χ1n) is 9.52. The Hall–Kier alpha value is -2.52. The minimum atomic E-state index is -0.756. The maximum absolute atomic E-state index is 13.0. The zero-order valence-corrected chi connectivity index (χ0v) is 18.5. The number of ketones is 2. The standard InChI is InChI=1S/C23H27O5P/c1-14-12-15(2)21(16(3)13-14)17(24)8-6-11-20(29-26)23(25)22-18(27-4)9-7-10-19(22)28-5/h7,9-10,12-13,20H,6,8,11H2,1-5H3. The molecule has 0 amide bonds. The second-order valence-electron chi connectivity index (χ2n) is 7.11. The van der Waals surface area contributed by atoms with Crippen molar-refractivity contribution in [3.05, 3.63) is 58.1 Å². The van der Waals surface area contributed by atoms with Gasteiger partial charge in [0.2, 0.25) is 0 Å². The van der Waals surface area contributed by atoms with E-state index in [1.165, 1.54) is 14.2 Å². The van der Waals surface area contributed by atoms with Gasteiger partial charge >= 0.3 is 0 Å². The molecular formula is C23H27O5P. The SMILES string of the molecule is COc1cccc(OC)c1C(=O)C(CCCC(=O)c1c(C)cc(C)cc1C)P=O. The van der Waals surface area contributed by atoms with Crippen LogP contribution in [0.5, 0.6) is 11.5 Å². The van der Waals surface area contributed by atoms with Gasteiger partial charge in [-0.15, -0.1) is 0 Å². The average molecular weight is 414 g/mol. The number of Topliss-reactive ketones (excluding diaryl/α,β-unsaturated/α-hetero) is 2. The molecule has 2 rings (SSSR count). The molecule has 2 aromatic carbocycles. The van der Waals surface area contributed by atoms with E-state index in [1.54, 1.807) is 18.2 Å². The molecule has 0 N–H and O–H groups in total. The maximum atomic E-state index is 13.0. The van der Waals surface area contributed by atoms with Gasteiger partial charge in [-0.1, -0.05) is 23.8 Å². The van der Waals surface area contributed by atoms with Crippen LogP contribution in [-0.2, 0) is 4.57 Å². The highest BCUT2D eigenvalue weighted by atomic mass is 31.1. The lowest BCUT2D eigenvalue weighted by Crippen LogP contribution is -2.17. The summed E-state index contributed by atoms with van der Waals surface area (Å²) in [6.07, 6.45) is 1.10. The number of ether oxygens (including phenoxy) is 2. The van der Waals surface area contributed by atoms with Crippen LogP contribution in [0, 0.1) is 20.8 Å². The molecule has 2 aromatic rings. The second-order valence-corrected chi connectivity index (χ2v) is 7.95. The number of methoxy groups -OCH3 is 2. The van der Waals surface area contributed by atoms with E-state index in [1.807, 2.05) is 32.9 Å². The summed E-state index contributed by atoms with van der Waals surface area (Å²) in [4.78, 5) is 25.7. The third-order valence-corrected chi connectivity index (χ3v) is 5.69. The second kappa shape index (κ2) is 10.3. The molecule has 5 nitrogen and oxygen atoms in total. The first-order chi connectivity index (χ1) is 13.8. The number of carbonyl (C=O) groups is 2. The molecule has 29 heavy (non-hydrogen) atoms. The Labute approximate surface area is 173 Å². The van der Waals surface area contributed by atoms with Crippen molar-refractivity contribution in [2.24, 2.45) is 0 Å². The molecule has 0 aliphatic rings. The lowest BCUT2D eigenvalue weighted by Gasteiger charge is -2.15. The van der Waals surface area contributed by atoms with Gasteiger partial charge in [0.05, 0.1) is 14.2 Å². The van der Waals surface area contributed by atoms with Crippen LogP contribution in [0.25, 0.3) is 0 Å². The summed E-state index contributed by atoms with van der Waals surface area (Å²) < 4.78 is 22.3. The Morgan fingerprint density at radius 1 is 0.966 bits per heavy atom. The highest BCUT2D eigenvalue weighted by Crippen LogP contribution is 2.33. The molecule has 0 aromatic heterocycles. The van der Waals surface area contributed by atoms with Crippen LogP contribution in [0.4, 0.5) is 0 Å². The molecule has 1 unspecified atom stereocenters. The molecule has 0 saturated heterocycles. The lowest BCUT2D eigenvalue weighted by molar-refractivity contribution is 0.0953. The molecule has 154 valence electrons. The van der Waals surface area contributed by atoms with Gasteiger partial charge in [0.1, 0.15) is 22.7 Å². The van der Waals surface area contributed by atoms with E-state index in [0.717, 1.165) is 22.3 Å². The Morgan fingerprint density at radius 3 is 2.00 bits per heavy atom. The average Bonchev–Trinajstić information content (AvgIpc) is 2.69. The van der Waals surface area contributed by atoms with Crippen molar-refractivity contribution in [1.29, 1.82) is 0 Å². The highest BCUT2D eigenvalue weighted by molar-refractivity contribution is 7.26. The van der Waals surface area contributed by atoms with Crippen molar-refractivity contribution in [3.8, 4) is 11.5 Å². The van der Waals surface area contributed by atoms with E-state index in [9.17, 15) is 14.2 Å². The fraction of sp³-hybridized carbons (Fsp3) is 0.391. The zero-order valence-electron chi connectivity index (χ0n) is 17.6. The van der Waals surface area contributed by atoms with E-state index in [-0.39, 0.29) is 25.6 Å². The molecule has 0 heterocycles. The van der Waals surface area contributed by atoms with Crippen molar-refractivity contribution in [2.75, 3.05) is 14.2 Å². The van der Waals surface area contributed by atoms with Crippen molar-refractivity contribution >= 4 is 20.0 Å². The molecule has 0 saturated carbocycles. The van der Waals surface area contributed by atoms with Crippen molar-refractivity contribution in [3.63, 3.8) is 0 Å². The Morgan fingerprint density at radius 2 is 1.52 bits per heavy atom. The van der Waals surface area contributed by atoms with Gasteiger partial charge in [-0.3, -0.25) is 14.2 Å². The molecular weight excluding hydrogens is 387 g/mol. The van der Waals surface area contributed by atoms with E-state index >= 15 is 0 Å². The molecule has 0 aliphatic carbocycles. The molecule has 0 aliphatic heterocycles. The van der Waals surface area contributed by atoms with E-state index < -0.39 is 5.66 Å². The van der Waals surface area contributed by atoms with Gasteiger partial charge in [-0.05, 0) is 56.9 Å². The van der Waals surface area contributed by atoms with Gasteiger partial charge in [0, 0.05) is 12.0 Å². The van der Waals surface area contributed by atoms with Gasteiger partial charge in [-0.2, -0.15) is 0 Å². The highest BCUT2D eigenvalue weighted by Gasteiger charge is 2.27. The molecule has 6 heteroatoms. The fourth-order valence-electron chi connectivity index (χ4n) is 3.69. The van der Waals surface area contributed by atoms with Crippen LogP contribution in [0.15, 0.2) is 30.3 Å². The Kier molecular flexibility index (Phi) is 8.10. The number of carbonyl (C=O) groups excluding carboxylic acids is 2. The largest absolute Gasteiger partial charge is 0.496 e. The van der Waals surface area contributed by atoms with Crippen molar-refractivity contribution in [1.82, 2.24) is 0 Å². The van der Waals surface area contributed by atoms with E-state index in [4.69, 9.17) is 9.47 Å². The van der Waals surface area contributed by atoms with Crippen molar-refractivity contribution in [2.45, 2.75) is 45.7 Å². The third kappa shape index (κ3) is 5.30. The van der Waals surface area contributed by atoms with Crippen LogP contribution in [0.1, 0.15) is 56.7 Å². The molecule has 0 radical (unpaired) electrons. The van der Waals surface area contributed by atoms with Crippen LogP contribution in [0.2, 0.25) is 0 Å². The summed E-state index contributed by atoms with van der Waals surface area (Å²) in [5.74, 6) is 0.490. The lowest BCUT2D eigenvalue weighted by atomic mass is 9.93. The number of rotatable bonds is 10. The van der Waals surface area contributed by atoms with E-state index in [0.29, 0.717) is 30.8 Å². The number of hydrogen-bond acceptors (Lipinski definition) is 5. The summed E-state index contributed by atoms with van der Waals surface area (Å²) in [5, 5.41) is 0. The molecule has 1 atom stereocenters. The molecule has 0 bridgehead atoms. The third-order valence-electron chi connectivity index (χ3n) is 4.94. The monoisotopic (exact) mass is 414 g/mol. The summed E-state index contributed by atoms with van der Waals surface area (Å²) in [6, 6.07) is 9.05. The summed E-state index contributed by atoms with van der Waals surface area (Å²) in [6.45, 7) is 5.87. The summed E-state index contributed by atoms with van der Waals surface area (Å²) in [5.41, 5.74) is 3.31. The van der Waals surface area contributed by atoms with Crippen LogP contribution >= 0.6 is 8.46 Å². The number of aryl methyl sites for hydroxylation is 3. The molecule has 0 fully saturated rings.